The number of halogens is 1. The van der Waals surface area contributed by atoms with Gasteiger partial charge < -0.3 is 10.1 Å². The molecule has 106 valence electrons. The van der Waals surface area contributed by atoms with E-state index in [0.29, 0.717) is 10.9 Å². The highest BCUT2D eigenvalue weighted by Crippen LogP contribution is 2.25. The number of pyridine rings is 1. The molecule has 6 heteroatoms. The third-order valence-electron chi connectivity index (χ3n) is 2.80. The molecule has 0 fully saturated rings. The van der Waals surface area contributed by atoms with E-state index in [1.807, 2.05) is 12.1 Å². The van der Waals surface area contributed by atoms with E-state index in [9.17, 15) is 0 Å². The van der Waals surface area contributed by atoms with Gasteiger partial charge in [-0.15, -0.1) is 0 Å². The summed E-state index contributed by atoms with van der Waals surface area (Å²) < 4.78 is 5.28. The van der Waals surface area contributed by atoms with E-state index in [1.54, 1.807) is 25.7 Å². The molecule has 1 N–H and O–H groups in total. The highest BCUT2D eigenvalue weighted by molar-refractivity contribution is 6.30. The Hall–Kier alpha value is -1.72. The number of methoxy groups -OCH3 is 1. The van der Waals surface area contributed by atoms with Gasteiger partial charge in [-0.3, -0.25) is 9.97 Å². The Bertz CT molecular complexity index is 547. The molecule has 0 aromatic carbocycles. The van der Waals surface area contributed by atoms with Crippen molar-refractivity contribution in [3.63, 3.8) is 0 Å². The summed E-state index contributed by atoms with van der Waals surface area (Å²) in [5.41, 5.74) is 1.56. The molecule has 5 nitrogen and oxygen atoms in total. The number of ether oxygens (including phenoxy) is 1. The van der Waals surface area contributed by atoms with Crippen LogP contribution < -0.4 is 10.1 Å². The van der Waals surface area contributed by atoms with Gasteiger partial charge in [-0.05, 0) is 25.1 Å². The fourth-order valence-electron chi connectivity index (χ4n) is 1.88. The van der Waals surface area contributed by atoms with Crippen molar-refractivity contribution in [2.45, 2.75) is 19.4 Å². The van der Waals surface area contributed by atoms with Gasteiger partial charge >= 0.3 is 0 Å². The van der Waals surface area contributed by atoms with E-state index < -0.39 is 0 Å². The van der Waals surface area contributed by atoms with Gasteiger partial charge in [-0.1, -0.05) is 18.5 Å². The number of aromatic nitrogens is 3. The summed E-state index contributed by atoms with van der Waals surface area (Å²) in [4.78, 5) is 12.9. The molecule has 0 aliphatic rings. The van der Waals surface area contributed by atoms with E-state index in [1.165, 1.54) is 0 Å². The van der Waals surface area contributed by atoms with Crippen molar-refractivity contribution < 1.29 is 4.74 Å². The number of hydrogen-bond donors (Lipinski definition) is 1. The van der Waals surface area contributed by atoms with Crippen molar-refractivity contribution in [3.8, 4) is 5.88 Å². The summed E-state index contributed by atoms with van der Waals surface area (Å²) in [7, 11) is 1.58. The minimum atomic E-state index is -0.170. The summed E-state index contributed by atoms with van der Waals surface area (Å²) in [5, 5.41) is 4.01. The van der Waals surface area contributed by atoms with E-state index in [0.717, 1.165) is 24.4 Å². The second-order valence-corrected chi connectivity index (χ2v) is 4.68. The van der Waals surface area contributed by atoms with Crippen LogP contribution in [-0.2, 0) is 0 Å². The summed E-state index contributed by atoms with van der Waals surface area (Å²) in [6.45, 7) is 2.95. The first-order chi connectivity index (χ1) is 9.76. The normalized spacial score (nSPS) is 12.2. The number of hydrogen-bond acceptors (Lipinski definition) is 5. The van der Waals surface area contributed by atoms with E-state index in [2.05, 4.69) is 27.2 Å². The van der Waals surface area contributed by atoms with Gasteiger partial charge in [0.2, 0.25) is 5.88 Å². The van der Waals surface area contributed by atoms with Gasteiger partial charge in [-0.2, -0.15) is 0 Å². The first-order valence-electron chi connectivity index (χ1n) is 6.46. The minimum Gasteiger partial charge on any atom is -0.480 e. The molecule has 0 saturated heterocycles. The Morgan fingerprint density at radius 1 is 1.25 bits per heavy atom. The molecular weight excluding hydrogens is 276 g/mol. The lowest BCUT2D eigenvalue weighted by Crippen LogP contribution is -2.25. The molecule has 1 atom stereocenters. The Balaban J connectivity index is 2.38. The zero-order valence-corrected chi connectivity index (χ0v) is 12.3. The van der Waals surface area contributed by atoms with Crippen molar-refractivity contribution in [1.29, 1.82) is 0 Å². The smallest absolute Gasteiger partial charge is 0.237 e. The van der Waals surface area contributed by atoms with Crippen molar-refractivity contribution in [2.24, 2.45) is 0 Å². The van der Waals surface area contributed by atoms with Crippen LogP contribution in [0, 0.1) is 0 Å². The van der Waals surface area contributed by atoms with Crippen LogP contribution in [0.2, 0.25) is 5.02 Å². The lowest BCUT2D eigenvalue weighted by Gasteiger charge is -2.18. The van der Waals surface area contributed by atoms with Crippen molar-refractivity contribution >= 4 is 11.6 Å². The van der Waals surface area contributed by atoms with Crippen LogP contribution in [0.3, 0.4) is 0 Å². The van der Waals surface area contributed by atoms with Crippen LogP contribution in [0.4, 0.5) is 0 Å². The maximum Gasteiger partial charge on any atom is 0.237 e. The SMILES string of the molecule is CCCNC(c1ccc(Cl)cn1)c1nccnc1OC. The van der Waals surface area contributed by atoms with E-state index in [-0.39, 0.29) is 6.04 Å². The van der Waals surface area contributed by atoms with Crippen LogP contribution in [0.15, 0.2) is 30.7 Å². The molecule has 0 aliphatic carbocycles. The predicted octanol–water partition coefficient (Wildman–Crippen LogP) is 2.62. The molecule has 0 bridgehead atoms. The zero-order chi connectivity index (χ0) is 14.4. The van der Waals surface area contributed by atoms with Gasteiger partial charge in [0.15, 0.2) is 0 Å². The van der Waals surface area contributed by atoms with Crippen LogP contribution in [-0.4, -0.2) is 28.6 Å². The standard InChI is InChI=1S/C14H17ClN4O/c1-3-6-16-12(11-5-4-10(15)9-19-11)13-14(20-2)18-8-7-17-13/h4-5,7-9,12,16H,3,6H2,1-2H3. The minimum absolute atomic E-state index is 0.170. The third kappa shape index (κ3) is 3.43. The monoisotopic (exact) mass is 292 g/mol. The fourth-order valence-corrected chi connectivity index (χ4v) is 1.99. The zero-order valence-electron chi connectivity index (χ0n) is 11.5. The molecule has 2 aromatic heterocycles. The molecular formula is C14H17ClN4O. The Labute approximate surface area is 123 Å². The summed E-state index contributed by atoms with van der Waals surface area (Å²) >= 11 is 5.89. The lowest BCUT2D eigenvalue weighted by molar-refractivity contribution is 0.381. The largest absolute Gasteiger partial charge is 0.480 e. The average molecular weight is 293 g/mol. The lowest BCUT2D eigenvalue weighted by atomic mass is 10.1. The molecule has 0 saturated carbocycles. The van der Waals surface area contributed by atoms with Crippen LogP contribution in [0.1, 0.15) is 30.8 Å². The third-order valence-corrected chi connectivity index (χ3v) is 3.03. The predicted molar refractivity (Wildman–Crippen MR) is 78.0 cm³/mol. The van der Waals surface area contributed by atoms with Crippen molar-refractivity contribution in [2.75, 3.05) is 13.7 Å². The maximum atomic E-state index is 5.89. The van der Waals surface area contributed by atoms with E-state index >= 15 is 0 Å². The van der Waals surface area contributed by atoms with Gasteiger partial charge in [-0.25, -0.2) is 4.98 Å². The van der Waals surface area contributed by atoms with Crippen molar-refractivity contribution in [3.05, 3.63) is 47.1 Å². The number of nitrogens with one attached hydrogen (secondary N) is 1. The van der Waals surface area contributed by atoms with Crippen LogP contribution >= 0.6 is 11.6 Å². The Kier molecular flexibility index (Phi) is 5.26. The topological polar surface area (TPSA) is 59.9 Å². The molecule has 0 amide bonds. The molecule has 0 aliphatic heterocycles. The summed E-state index contributed by atoms with van der Waals surface area (Å²) in [6.07, 6.45) is 5.88. The molecule has 2 aromatic rings. The Morgan fingerprint density at radius 3 is 2.70 bits per heavy atom. The van der Waals surface area contributed by atoms with Gasteiger partial charge in [0, 0.05) is 18.6 Å². The van der Waals surface area contributed by atoms with Gasteiger partial charge in [0.1, 0.15) is 5.69 Å². The summed E-state index contributed by atoms with van der Waals surface area (Å²) in [6, 6.07) is 3.52. The average Bonchev–Trinajstić information content (AvgIpc) is 2.50. The molecule has 2 heterocycles. The van der Waals surface area contributed by atoms with Crippen LogP contribution in [0.5, 0.6) is 5.88 Å². The quantitative estimate of drug-likeness (QED) is 0.887. The first kappa shape index (κ1) is 14.7. The molecule has 20 heavy (non-hydrogen) atoms. The highest BCUT2D eigenvalue weighted by Gasteiger charge is 2.21. The maximum absolute atomic E-state index is 5.89. The fraction of sp³-hybridized carbons (Fsp3) is 0.357. The second kappa shape index (κ2) is 7.17. The Morgan fingerprint density at radius 2 is 2.05 bits per heavy atom. The van der Waals surface area contributed by atoms with Crippen molar-refractivity contribution in [1.82, 2.24) is 20.3 Å². The number of rotatable bonds is 6. The van der Waals surface area contributed by atoms with Gasteiger partial charge in [0.05, 0.1) is 23.9 Å². The highest BCUT2D eigenvalue weighted by atomic mass is 35.5. The molecule has 0 spiro atoms. The molecule has 2 rings (SSSR count). The summed E-state index contributed by atoms with van der Waals surface area (Å²) in [5.74, 6) is 0.498. The first-order valence-corrected chi connectivity index (χ1v) is 6.83. The number of nitrogens with zero attached hydrogens (tertiary/aromatic N) is 3. The van der Waals surface area contributed by atoms with Gasteiger partial charge in [0.25, 0.3) is 0 Å². The molecule has 0 radical (unpaired) electrons. The second-order valence-electron chi connectivity index (χ2n) is 4.24. The van der Waals surface area contributed by atoms with E-state index in [4.69, 9.17) is 16.3 Å². The van der Waals surface area contributed by atoms with Crippen LogP contribution in [0.25, 0.3) is 0 Å². The molecule has 1 unspecified atom stereocenters.